The van der Waals surface area contributed by atoms with Gasteiger partial charge in [0.05, 0.1) is 17.3 Å². The largest absolute Gasteiger partial charge is 0.512 e. The summed E-state index contributed by atoms with van der Waals surface area (Å²) in [6.07, 6.45) is 2.99. The minimum Gasteiger partial charge on any atom is -0.512 e. The number of hydrogen-bond acceptors (Lipinski definition) is 5. The molecule has 0 aliphatic carbocycles. The van der Waals surface area contributed by atoms with Crippen LogP contribution < -0.4 is 0 Å². The van der Waals surface area contributed by atoms with E-state index < -0.39 is 11.6 Å². The van der Waals surface area contributed by atoms with Crippen molar-refractivity contribution in [1.82, 2.24) is 4.98 Å². The third-order valence-corrected chi connectivity index (χ3v) is 5.27. The van der Waals surface area contributed by atoms with E-state index in [1.54, 1.807) is 11.3 Å². The van der Waals surface area contributed by atoms with Gasteiger partial charge in [-0.1, -0.05) is 27.7 Å². The molecule has 5 heteroatoms. The van der Waals surface area contributed by atoms with E-state index in [1.807, 2.05) is 19.4 Å². The zero-order valence-corrected chi connectivity index (χ0v) is 13.9. The van der Waals surface area contributed by atoms with Crippen LogP contribution in [-0.2, 0) is 16.0 Å². The quantitative estimate of drug-likeness (QED) is 0.836. The molecule has 0 radical (unpaired) electrons. The molecular weight excluding hydrogens is 286 g/mol. The average molecular weight is 309 g/mol. The van der Waals surface area contributed by atoms with Crippen molar-refractivity contribution in [3.63, 3.8) is 0 Å². The van der Waals surface area contributed by atoms with Gasteiger partial charge >= 0.3 is 5.97 Å². The number of aliphatic hydroxyl groups excluding tert-OH is 1. The first-order valence-corrected chi connectivity index (χ1v) is 8.27. The van der Waals surface area contributed by atoms with Gasteiger partial charge in [0, 0.05) is 11.3 Å². The monoisotopic (exact) mass is 309 g/mol. The molecule has 1 aliphatic heterocycles. The minimum atomic E-state index is -0.631. The van der Waals surface area contributed by atoms with Crippen LogP contribution in [0.15, 0.2) is 17.3 Å². The van der Waals surface area contributed by atoms with Gasteiger partial charge in [-0.2, -0.15) is 0 Å². The number of ether oxygens (including phenoxy) is 1. The second-order valence-corrected chi connectivity index (χ2v) is 7.16. The molecule has 0 bridgehead atoms. The van der Waals surface area contributed by atoms with E-state index in [-0.39, 0.29) is 11.7 Å². The third kappa shape index (κ3) is 3.46. The van der Waals surface area contributed by atoms with Crippen LogP contribution in [0.5, 0.6) is 0 Å². The first-order valence-electron chi connectivity index (χ1n) is 7.39. The van der Waals surface area contributed by atoms with E-state index in [4.69, 9.17) is 4.74 Å². The number of aryl methyl sites for hydroxylation is 1. The predicted molar refractivity (Wildman–Crippen MR) is 83.5 cm³/mol. The molecule has 116 valence electrons. The van der Waals surface area contributed by atoms with Crippen LogP contribution in [0.4, 0.5) is 0 Å². The molecule has 0 saturated heterocycles. The van der Waals surface area contributed by atoms with Crippen molar-refractivity contribution in [3.05, 3.63) is 27.9 Å². The number of hydrogen-bond donors (Lipinski definition) is 1. The first-order chi connectivity index (χ1) is 9.84. The summed E-state index contributed by atoms with van der Waals surface area (Å²) < 4.78 is 5.60. The van der Waals surface area contributed by atoms with Crippen molar-refractivity contribution in [3.8, 4) is 0 Å². The van der Waals surface area contributed by atoms with E-state index in [9.17, 15) is 9.90 Å². The summed E-state index contributed by atoms with van der Waals surface area (Å²) in [6.45, 7) is 8.36. The number of rotatable bonds is 5. The van der Waals surface area contributed by atoms with E-state index in [0.717, 1.165) is 12.1 Å². The molecule has 0 fully saturated rings. The van der Waals surface area contributed by atoms with Crippen LogP contribution in [0.25, 0.3) is 0 Å². The summed E-state index contributed by atoms with van der Waals surface area (Å²) in [5.41, 5.74) is 2.32. The Balaban J connectivity index is 2.16. The van der Waals surface area contributed by atoms with Gasteiger partial charge in [0.2, 0.25) is 0 Å². The third-order valence-electron chi connectivity index (χ3n) is 4.10. The average Bonchev–Trinajstić information content (AvgIpc) is 2.83. The molecule has 4 nitrogen and oxygen atoms in total. The second kappa shape index (κ2) is 6.18. The van der Waals surface area contributed by atoms with E-state index in [1.165, 1.54) is 11.0 Å². The fraction of sp³-hybridized carbons (Fsp3) is 0.625. The van der Waals surface area contributed by atoms with Crippen LogP contribution >= 0.6 is 11.3 Å². The molecule has 1 aromatic rings. The Morgan fingerprint density at radius 1 is 1.43 bits per heavy atom. The SMILES string of the molecule is CC(C)c1scnc1CCC1(C(C)C)CC(O)=CC(=O)O1. The maximum atomic E-state index is 11.7. The van der Waals surface area contributed by atoms with E-state index in [2.05, 4.69) is 18.8 Å². The van der Waals surface area contributed by atoms with Gasteiger partial charge in [-0.15, -0.1) is 11.3 Å². The zero-order valence-electron chi connectivity index (χ0n) is 13.0. The highest BCUT2D eigenvalue weighted by atomic mass is 32.1. The number of aliphatic hydroxyl groups is 1. The molecule has 1 N–H and O–H groups in total. The number of thiazole rings is 1. The normalized spacial score (nSPS) is 22.6. The fourth-order valence-corrected chi connectivity index (χ4v) is 3.63. The van der Waals surface area contributed by atoms with Crippen LogP contribution in [-0.4, -0.2) is 21.7 Å². The van der Waals surface area contributed by atoms with Gasteiger partial charge in [0.1, 0.15) is 11.4 Å². The van der Waals surface area contributed by atoms with E-state index >= 15 is 0 Å². The van der Waals surface area contributed by atoms with Crippen molar-refractivity contribution >= 4 is 17.3 Å². The molecule has 2 heterocycles. The molecule has 0 amide bonds. The Morgan fingerprint density at radius 2 is 2.14 bits per heavy atom. The van der Waals surface area contributed by atoms with Crippen LogP contribution in [0.1, 0.15) is 57.0 Å². The predicted octanol–water partition coefficient (Wildman–Crippen LogP) is 3.98. The van der Waals surface area contributed by atoms with Gasteiger partial charge in [-0.05, 0) is 24.7 Å². The van der Waals surface area contributed by atoms with Crippen LogP contribution in [0.3, 0.4) is 0 Å². The zero-order chi connectivity index (χ0) is 15.6. The number of esters is 1. The number of cyclic esters (lactones) is 1. The standard InChI is InChI=1S/C16H23NO3S/c1-10(2)15-13(17-9-21-15)5-6-16(11(3)4)8-12(18)7-14(19)20-16/h7,9-11,18H,5-6,8H2,1-4H3. The lowest BCUT2D eigenvalue weighted by molar-refractivity contribution is -0.163. The number of nitrogens with zero attached hydrogens (tertiary/aromatic N) is 1. The summed E-state index contributed by atoms with van der Waals surface area (Å²) in [6, 6.07) is 0. The molecule has 0 spiro atoms. The summed E-state index contributed by atoms with van der Waals surface area (Å²) in [5, 5.41) is 9.81. The van der Waals surface area contributed by atoms with Gasteiger partial charge < -0.3 is 9.84 Å². The number of carbonyl (C=O) groups is 1. The van der Waals surface area contributed by atoms with Crippen molar-refractivity contribution < 1.29 is 14.6 Å². The van der Waals surface area contributed by atoms with Crippen molar-refractivity contribution in [2.24, 2.45) is 5.92 Å². The topological polar surface area (TPSA) is 59.4 Å². The number of aromatic nitrogens is 1. The number of carbonyl (C=O) groups excluding carboxylic acids is 1. The summed E-state index contributed by atoms with van der Waals surface area (Å²) in [5.74, 6) is 0.250. The summed E-state index contributed by atoms with van der Waals surface area (Å²) in [4.78, 5) is 17.4. The van der Waals surface area contributed by atoms with Crippen LogP contribution in [0, 0.1) is 5.92 Å². The van der Waals surface area contributed by atoms with Crippen molar-refractivity contribution in [2.45, 2.75) is 58.5 Å². The lowest BCUT2D eigenvalue weighted by Crippen LogP contribution is -2.43. The fourth-order valence-electron chi connectivity index (χ4n) is 2.78. The van der Waals surface area contributed by atoms with Crippen LogP contribution in [0.2, 0.25) is 0 Å². The lowest BCUT2D eigenvalue weighted by atomic mass is 9.80. The molecule has 0 aromatic carbocycles. The molecular formula is C16H23NO3S. The second-order valence-electron chi connectivity index (χ2n) is 6.27. The summed E-state index contributed by atoms with van der Waals surface area (Å²) >= 11 is 1.67. The Labute approximate surface area is 129 Å². The molecule has 1 atom stereocenters. The molecule has 21 heavy (non-hydrogen) atoms. The molecule has 1 unspecified atom stereocenters. The van der Waals surface area contributed by atoms with Crippen molar-refractivity contribution in [1.29, 1.82) is 0 Å². The van der Waals surface area contributed by atoms with Gasteiger partial charge in [-0.25, -0.2) is 9.78 Å². The van der Waals surface area contributed by atoms with Gasteiger partial charge in [-0.3, -0.25) is 0 Å². The first kappa shape index (κ1) is 16.0. The molecule has 0 saturated carbocycles. The Bertz CT molecular complexity index is 547. The lowest BCUT2D eigenvalue weighted by Gasteiger charge is -2.38. The molecule has 1 aromatic heterocycles. The highest BCUT2D eigenvalue weighted by Crippen LogP contribution is 2.37. The van der Waals surface area contributed by atoms with Gasteiger partial charge in [0.15, 0.2) is 0 Å². The highest BCUT2D eigenvalue weighted by Gasteiger charge is 2.41. The highest BCUT2D eigenvalue weighted by molar-refractivity contribution is 7.09. The Morgan fingerprint density at radius 3 is 2.71 bits per heavy atom. The van der Waals surface area contributed by atoms with Gasteiger partial charge in [0.25, 0.3) is 0 Å². The molecule has 2 rings (SSSR count). The Kier molecular flexibility index (Phi) is 4.71. The van der Waals surface area contributed by atoms with E-state index in [0.29, 0.717) is 18.8 Å². The summed E-state index contributed by atoms with van der Waals surface area (Å²) in [7, 11) is 0. The Hall–Kier alpha value is -1.36. The molecule has 1 aliphatic rings. The smallest absolute Gasteiger partial charge is 0.334 e. The maximum absolute atomic E-state index is 11.7. The minimum absolute atomic E-state index is 0.113. The van der Waals surface area contributed by atoms with Crippen molar-refractivity contribution in [2.75, 3.05) is 0 Å². The maximum Gasteiger partial charge on any atom is 0.334 e.